The van der Waals surface area contributed by atoms with Crippen LogP contribution in [0.3, 0.4) is 0 Å². The molecule has 0 spiro atoms. The van der Waals surface area contributed by atoms with E-state index >= 15 is 0 Å². The molecule has 1 aliphatic rings. The van der Waals surface area contributed by atoms with Crippen LogP contribution in [0.25, 0.3) is 0 Å². The van der Waals surface area contributed by atoms with E-state index < -0.39 is 16.8 Å². The van der Waals surface area contributed by atoms with Crippen LogP contribution in [0.4, 0.5) is 8.78 Å². The topological polar surface area (TPSA) is 37.4 Å². The molecule has 0 aliphatic carbocycles. The normalized spacial score (nSPS) is 25.7. The van der Waals surface area contributed by atoms with E-state index in [0.717, 1.165) is 4.31 Å². The lowest BCUT2D eigenvalue weighted by Crippen LogP contribution is -2.38. The van der Waals surface area contributed by atoms with Crippen molar-refractivity contribution in [2.24, 2.45) is 0 Å². The van der Waals surface area contributed by atoms with Crippen molar-refractivity contribution < 1.29 is 17.2 Å². The average Bonchev–Trinajstić information content (AvgIpc) is 1.86. The first kappa shape index (κ1) is 8.86. The fourth-order valence-electron chi connectivity index (χ4n) is 0.985. The van der Waals surface area contributed by atoms with Crippen LogP contribution in [0.2, 0.25) is 0 Å². The zero-order valence-corrected chi connectivity index (χ0v) is 6.69. The van der Waals surface area contributed by atoms with Crippen LogP contribution in [0.15, 0.2) is 0 Å². The quantitative estimate of drug-likeness (QED) is 0.594. The van der Waals surface area contributed by atoms with Gasteiger partial charge in [-0.05, 0) is 0 Å². The zero-order valence-electron chi connectivity index (χ0n) is 5.80. The molecule has 3 nitrogen and oxygen atoms in total. The van der Waals surface area contributed by atoms with Gasteiger partial charge in [-0.1, -0.05) is 0 Å². The second-order valence-corrected chi connectivity index (χ2v) is 3.59. The van der Waals surface area contributed by atoms with Crippen LogP contribution in [0.5, 0.6) is 0 Å². The Morgan fingerprint density at radius 1 is 1.18 bits per heavy atom. The molecule has 0 radical (unpaired) electrons. The van der Waals surface area contributed by atoms with Crippen molar-refractivity contribution in [1.82, 2.24) is 4.31 Å². The number of piperidine rings is 1. The Bertz CT molecular complexity index is 199. The van der Waals surface area contributed by atoms with E-state index in [-0.39, 0.29) is 25.9 Å². The summed E-state index contributed by atoms with van der Waals surface area (Å²) in [5.74, 6) is -2.66. The van der Waals surface area contributed by atoms with E-state index in [9.17, 15) is 17.2 Å². The predicted octanol–water partition coefficient (Wildman–Crippen LogP) is 0.244. The lowest BCUT2D eigenvalue weighted by atomic mass is 10.1. The molecule has 0 N–H and O–H groups in total. The molecule has 66 valence electrons. The maximum absolute atomic E-state index is 12.4. The van der Waals surface area contributed by atoms with E-state index in [0.29, 0.717) is 0 Å². The summed E-state index contributed by atoms with van der Waals surface area (Å²) < 4.78 is 46.5. The Morgan fingerprint density at radius 2 is 1.64 bits per heavy atom. The molecule has 11 heavy (non-hydrogen) atoms. The van der Waals surface area contributed by atoms with Crippen molar-refractivity contribution in [3.05, 3.63) is 0 Å². The molecule has 0 aromatic heterocycles. The van der Waals surface area contributed by atoms with Gasteiger partial charge in [0, 0.05) is 25.9 Å². The lowest BCUT2D eigenvalue weighted by Gasteiger charge is -2.27. The Hall–Kier alpha value is -0.230. The number of hydrogen-bond donors (Lipinski definition) is 1. The van der Waals surface area contributed by atoms with Gasteiger partial charge in [-0.15, -0.1) is 0 Å². The van der Waals surface area contributed by atoms with Crippen molar-refractivity contribution in [1.29, 1.82) is 0 Å². The Labute approximate surface area is 65.1 Å². The van der Waals surface area contributed by atoms with E-state index in [1.54, 1.807) is 0 Å². The first-order chi connectivity index (χ1) is 5.01. The van der Waals surface area contributed by atoms with Gasteiger partial charge in [0.15, 0.2) is 0 Å². The molecule has 1 fully saturated rings. The monoisotopic (exact) mass is 185 g/mol. The highest BCUT2D eigenvalue weighted by Gasteiger charge is 2.34. The fraction of sp³-hybridized carbons (Fsp3) is 1.00. The van der Waals surface area contributed by atoms with E-state index in [1.165, 1.54) is 0 Å². The molecule has 0 saturated carbocycles. The summed E-state index contributed by atoms with van der Waals surface area (Å²) in [6.07, 6.45) is -0.702. The average molecular weight is 185 g/mol. The van der Waals surface area contributed by atoms with Crippen LogP contribution in [-0.4, -0.2) is 31.7 Å². The summed E-state index contributed by atoms with van der Waals surface area (Å²) in [4.78, 5) is 0. The van der Waals surface area contributed by atoms with Crippen molar-refractivity contribution in [3.8, 4) is 0 Å². The minimum Gasteiger partial charge on any atom is -0.215 e. The highest BCUT2D eigenvalue weighted by atomic mass is 32.2. The Balaban J connectivity index is 2.49. The molecule has 0 aromatic rings. The molecule has 0 amide bonds. The van der Waals surface area contributed by atoms with Gasteiger partial charge < -0.3 is 0 Å². The summed E-state index contributed by atoms with van der Waals surface area (Å²) in [5, 5.41) is 0. The summed E-state index contributed by atoms with van der Waals surface area (Å²) in [5.41, 5.74) is 0. The van der Waals surface area contributed by atoms with Gasteiger partial charge in [-0.25, -0.2) is 21.5 Å². The molecular weight excluding hydrogens is 176 g/mol. The SMILES string of the molecule is O=[SH](=O)N1CCC(F)(F)CC1. The maximum Gasteiger partial charge on any atom is 0.250 e. The first-order valence-electron chi connectivity index (χ1n) is 3.28. The molecule has 0 unspecified atom stereocenters. The standard InChI is InChI=1S/C5H9F2NO2S/c6-5(7)1-3-8(4-2-5)11(9)10/h11H,1-4H2. The predicted molar refractivity (Wildman–Crippen MR) is 36.1 cm³/mol. The van der Waals surface area contributed by atoms with Gasteiger partial charge in [0.25, 0.3) is 5.92 Å². The second-order valence-electron chi connectivity index (χ2n) is 2.55. The third kappa shape index (κ3) is 2.37. The van der Waals surface area contributed by atoms with Crippen molar-refractivity contribution in [2.45, 2.75) is 18.8 Å². The smallest absolute Gasteiger partial charge is 0.215 e. The van der Waals surface area contributed by atoms with Crippen molar-refractivity contribution in [3.63, 3.8) is 0 Å². The van der Waals surface area contributed by atoms with E-state index in [2.05, 4.69) is 0 Å². The van der Waals surface area contributed by atoms with Crippen LogP contribution in [0.1, 0.15) is 12.8 Å². The number of alkyl halides is 2. The van der Waals surface area contributed by atoms with Crippen LogP contribution in [0, 0.1) is 0 Å². The number of thiol groups is 1. The molecule has 1 rings (SSSR count). The summed E-state index contributed by atoms with van der Waals surface area (Å²) in [7, 11) is -2.66. The number of rotatable bonds is 1. The summed E-state index contributed by atoms with van der Waals surface area (Å²) in [6, 6.07) is 0. The minimum atomic E-state index is -2.66. The highest BCUT2D eigenvalue weighted by Crippen LogP contribution is 2.27. The maximum atomic E-state index is 12.4. The third-order valence-electron chi connectivity index (χ3n) is 1.70. The molecule has 1 aliphatic heterocycles. The van der Waals surface area contributed by atoms with Crippen LogP contribution >= 0.6 is 0 Å². The summed E-state index contributed by atoms with van der Waals surface area (Å²) in [6.45, 7) is -0.0998. The van der Waals surface area contributed by atoms with Gasteiger partial charge in [0.2, 0.25) is 10.9 Å². The highest BCUT2D eigenvalue weighted by molar-refractivity contribution is 7.69. The largest absolute Gasteiger partial charge is 0.250 e. The Kier molecular flexibility index (Phi) is 2.43. The first-order valence-corrected chi connectivity index (χ1v) is 4.41. The molecule has 1 saturated heterocycles. The third-order valence-corrected chi connectivity index (χ3v) is 2.56. The number of nitrogens with zero attached hydrogens (tertiary/aromatic N) is 1. The molecule has 0 bridgehead atoms. The minimum absolute atomic E-state index is 0.0499. The summed E-state index contributed by atoms with van der Waals surface area (Å²) >= 11 is 0. The van der Waals surface area contributed by atoms with Gasteiger partial charge in [0.1, 0.15) is 0 Å². The van der Waals surface area contributed by atoms with Crippen molar-refractivity contribution in [2.75, 3.05) is 13.1 Å². The molecule has 0 aromatic carbocycles. The van der Waals surface area contributed by atoms with Gasteiger partial charge in [-0.3, -0.25) is 0 Å². The molecule has 0 atom stereocenters. The Morgan fingerprint density at radius 3 is 2.00 bits per heavy atom. The number of hydrogen-bond acceptors (Lipinski definition) is 2. The fourth-order valence-corrected chi connectivity index (χ4v) is 1.51. The van der Waals surface area contributed by atoms with E-state index in [4.69, 9.17) is 0 Å². The lowest BCUT2D eigenvalue weighted by molar-refractivity contribution is -0.0407. The zero-order chi connectivity index (χ0) is 8.48. The van der Waals surface area contributed by atoms with Gasteiger partial charge in [-0.2, -0.15) is 0 Å². The second kappa shape index (κ2) is 3.02. The molecule has 6 heteroatoms. The number of halogens is 2. The molecular formula is C5H9F2NO2S. The molecule has 1 heterocycles. The van der Waals surface area contributed by atoms with Crippen molar-refractivity contribution >= 4 is 10.9 Å². The van der Waals surface area contributed by atoms with Crippen LogP contribution < -0.4 is 0 Å². The van der Waals surface area contributed by atoms with Gasteiger partial charge >= 0.3 is 0 Å². The van der Waals surface area contributed by atoms with E-state index in [1.807, 2.05) is 0 Å². The van der Waals surface area contributed by atoms with Crippen LogP contribution in [-0.2, 0) is 10.9 Å². The van der Waals surface area contributed by atoms with Gasteiger partial charge in [0.05, 0.1) is 0 Å².